The summed E-state index contributed by atoms with van der Waals surface area (Å²) in [5.41, 5.74) is 3.22. The van der Waals surface area contributed by atoms with Crippen molar-refractivity contribution < 1.29 is 13.9 Å². The molecule has 146 valence electrons. The van der Waals surface area contributed by atoms with Crippen LogP contribution in [0.2, 0.25) is 0 Å². The molecule has 0 unspecified atom stereocenters. The highest BCUT2D eigenvalue weighted by Gasteiger charge is 2.17. The average molecular weight is 399 g/mol. The fourth-order valence-corrected chi connectivity index (χ4v) is 3.57. The standard InChI is InChI=1S/C22H23FN2O2S/c1-22(2,3)15-7-10-19(27-4)18(11-15)25-20(26)12-17-13-28-21(24-17)14-5-8-16(23)9-6-14/h5-11,13H,12H2,1-4H3,(H,25,26). The Hall–Kier alpha value is -2.73. The molecule has 0 fully saturated rings. The molecule has 2 aromatic carbocycles. The zero-order chi connectivity index (χ0) is 20.3. The topological polar surface area (TPSA) is 51.2 Å². The second-order valence-electron chi connectivity index (χ2n) is 7.54. The lowest BCUT2D eigenvalue weighted by molar-refractivity contribution is -0.115. The summed E-state index contributed by atoms with van der Waals surface area (Å²) in [7, 11) is 1.58. The van der Waals surface area contributed by atoms with Crippen molar-refractivity contribution in [3.63, 3.8) is 0 Å². The smallest absolute Gasteiger partial charge is 0.230 e. The number of hydrogen-bond acceptors (Lipinski definition) is 4. The fourth-order valence-electron chi connectivity index (χ4n) is 2.74. The maximum Gasteiger partial charge on any atom is 0.230 e. The third-order valence-corrected chi connectivity index (χ3v) is 5.26. The van der Waals surface area contributed by atoms with Crippen molar-refractivity contribution in [3.05, 3.63) is 64.9 Å². The number of hydrogen-bond donors (Lipinski definition) is 1. The molecule has 0 aliphatic carbocycles. The van der Waals surface area contributed by atoms with E-state index in [4.69, 9.17) is 4.74 Å². The number of methoxy groups -OCH3 is 1. The molecule has 0 radical (unpaired) electrons. The zero-order valence-corrected chi connectivity index (χ0v) is 17.2. The summed E-state index contributed by atoms with van der Waals surface area (Å²) in [5.74, 6) is 0.165. The van der Waals surface area contributed by atoms with Gasteiger partial charge < -0.3 is 10.1 Å². The Bertz CT molecular complexity index is 975. The summed E-state index contributed by atoms with van der Waals surface area (Å²) >= 11 is 1.43. The Morgan fingerprint density at radius 3 is 2.54 bits per heavy atom. The number of anilines is 1. The van der Waals surface area contributed by atoms with E-state index in [1.54, 1.807) is 19.2 Å². The highest BCUT2D eigenvalue weighted by molar-refractivity contribution is 7.13. The van der Waals surface area contributed by atoms with E-state index in [1.165, 1.54) is 23.5 Å². The quantitative estimate of drug-likeness (QED) is 0.623. The summed E-state index contributed by atoms with van der Waals surface area (Å²) in [6.07, 6.45) is 0.153. The zero-order valence-electron chi connectivity index (χ0n) is 16.4. The first-order valence-corrected chi connectivity index (χ1v) is 9.83. The molecule has 1 amide bonds. The maximum absolute atomic E-state index is 13.1. The van der Waals surface area contributed by atoms with Crippen LogP contribution in [0.25, 0.3) is 10.6 Å². The van der Waals surface area contributed by atoms with Gasteiger partial charge >= 0.3 is 0 Å². The lowest BCUT2D eigenvalue weighted by atomic mass is 9.87. The third kappa shape index (κ3) is 4.75. The van der Waals surface area contributed by atoms with Gasteiger partial charge in [0, 0.05) is 10.9 Å². The molecule has 0 aliphatic heterocycles. The summed E-state index contributed by atoms with van der Waals surface area (Å²) in [6, 6.07) is 12.0. The maximum atomic E-state index is 13.1. The summed E-state index contributed by atoms with van der Waals surface area (Å²) < 4.78 is 18.4. The van der Waals surface area contributed by atoms with Crippen molar-refractivity contribution in [2.45, 2.75) is 32.6 Å². The van der Waals surface area contributed by atoms with Crippen LogP contribution >= 0.6 is 11.3 Å². The molecule has 0 aliphatic rings. The van der Waals surface area contributed by atoms with Crippen molar-refractivity contribution in [1.82, 2.24) is 4.98 Å². The number of carbonyl (C=O) groups is 1. The van der Waals surface area contributed by atoms with Gasteiger partial charge in [0.25, 0.3) is 0 Å². The van der Waals surface area contributed by atoms with E-state index in [9.17, 15) is 9.18 Å². The first-order valence-electron chi connectivity index (χ1n) is 8.95. The Morgan fingerprint density at radius 2 is 1.89 bits per heavy atom. The Kier molecular flexibility index (Phi) is 5.79. The van der Waals surface area contributed by atoms with Crippen LogP contribution < -0.4 is 10.1 Å². The van der Waals surface area contributed by atoms with Gasteiger partial charge in [-0.3, -0.25) is 4.79 Å². The number of nitrogens with one attached hydrogen (secondary N) is 1. The Labute approximate surface area is 168 Å². The van der Waals surface area contributed by atoms with E-state index < -0.39 is 0 Å². The SMILES string of the molecule is COc1ccc(C(C)(C)C)cc1NC(=O)Cc1csc(-c2ccc(F)cc2)n1. The Balaban J connectivity index is 1.73. The number of aromatic nitrogens is 1. The predicted molar refractivity (Wildman–Crippen MR) is 112 cm³/mol. The molecule has 6 heteroatoms. The van der Waals surface area contributed by atoms with Crippen LogP contribution in [0.1, 0.15) is 32.0 Å². The molecule has 1 heterocycles. The molecule has 1 N–H and O–H groups in total. The van der Waals surface area contributed by atoms with Crippen LogP contribution in [0.5, 0.6) is 5.75 Å². The highest BCUT2D eigenvalue weighted by Crippen LogP contribution is 2.31. The normalized spacial score (nSPS) is 11.3. The average Bonchev–Trinajstić information content (AvgIpc) is 3.09. The van der Waals surface area contributed by atoms with Crippen LogP contribution in [0.3, 0.4) is 0 Å². The van der Waals surface area contributed by atoms with Crippen LogP contribution in [0, 0.1) is 5.82 Å². The molecule has 0 saturated heterocycles. The van der Waals surface area contributed by atoms with E-state index in [2.05, 4.69) is 31.1 Å². The molecule has 0 atom stereocenters. The largest absolute Gasteiger partial charge is 0.495 e. The van der Waals surface area contributed by atoms with E-state index in [1.807, 2.05) is 23.6 Å². The number of amides is 1. The van der Waals surface area contributed by atoms with E-state index in [0.717, 1.165) is 16.1 Å². The summed E-state index contributed by atoms with van der Waals surface area (Å²) in [4.78, 5) is 17.0. The van der Waals surface area contributed by atoms with Crippen LogP contribution in [-0.2, 0) is 16.6 Å². The van der Waals surface area contributed by atoms with Gasteiger partial charge in [0.1, 0.15) is 16.6 Å². The summed E-state index contributed by atoms with van der Waals surface area (Å²) in [6.45, 7) is 6.35. The van der Waals surface area contributed by atoms with Crippen molar-refractivity contribution in [1.29, 1.82) is 0 Å². The number of benzene rings is 2. The lowest BCUT2D eigenvalue weighted by Crippen LogP contribution is -2.17. The third-order valence-electron chi connectivity index (χ3n) is 4.32. The molecular weight excluding hydrogens is 375 g/mol. The highest BCUT2D eigenvalue weighted by atomic mass is 32.1. The predicted octanol–water partition coefficient (Wildman–Crippen LogP) is 5.44. The van der Waals surface area contributed by atoms with Gasteiger partial charge in [0.2, 0.25) is 5.91 Å². The minimum atomic E-state index is -0.286. The molecule has 28 heavy (non-hydrogen) atoms. The molecule has 3 rings (SSSR count). The lowest BCUT2D eigenvalue weighted by Gasteiger charge is -2.21. The molecular formula is C22H23FN2O2S. The number of nitrogens with zero attached hydrogens (tertiary/aromatic N) is 1. The summed E-state index contributed by atoms with van der Waals surface area (Å²) in [5, 5.41) is 5.54. The number of rotatable bonds is 5. The van der Waals surface area contributed by atoms with Gasteiger partial charge in [-0.2, -0.15) is 0 Å². The van der Waals surface area contributed by atoms with Crippen LogP contribution in [-0.4, -0.2) is 18.0 Å². The van der Waals surface area contributed by atoms with Crippen molar-refractivity contribution in [3.8, 4) is 16.3 Å². The van der Waals surface area contributed by atoms with Crippen LogP contribution in [0.15, 0.2) is 47.8 Å². The molecule has 0 bridgehead atoms. The first kappa shape index (κ1) is 20.0. The number of halogens is 1. The second kappa shape index (κ2) is 8.10. The fraction of sp³-hybridized carbons (Fsp3) is 0.273. The van der Waals surface area contributed by atoms with E-state index >= 15 is 0 Å². The van der Waals surface area contributed by atoms with Gasteiger partial charge in [0.15, 0.2) is 0 Å². The van der Waals surface area contributed by atoms with E-state index in [0.29, 0.717) is 17.1 Å². The van der Waals surface area contributed by atoms with Crippen LogP contribution in [0.4, 0.5) is 10.1 Å². The molecule has 0 spiro atoms. The van der Waals surface area contributed by atoms with Gasteiger partial charge in [-0.25, -0.2) is 9.37 Å². The monoisotopic (exact) mass is 398 g/mol. The molecule has 4 nitrogen and oxygen atoms in total. The van der Waals surface area contributed by atoms with Crippen molar-refractivity contribution in [2.24, 2.45) is 0 Å². The number of carbonyl (C=O) groups excluding carboxylic acids is 1. The second-order valence-corrected chi connectivity index (χ2v) is 8.40. The van der Waals surface area contributed by atoms with Gasteiger partial charge in [0.05, 0.1) is 24.9 Å². The first-order chi connectivity index (χ1) is 13.3. The molecule has 3 aromatic rings. The molecule has 0 saturated carbocycles. The number of ether oxygens (including phenoxy) is 1. The molecule has 1 aromatic heterocycles. The van der Waals surface area contributed by atoms with E-state index in [-0.39, 0.29) is 23.6 Å². The Morgan fingerprint density at radius 1 is 1.18 bits per heavy atom. The van der Waals surface area contributed by atoms with Crippen molar-refractivity contribution in [2.75, 3.05) is 12.4 Å². The minimum absolute atomic E-state index is 0.0370. The van der Waals surface area contributed by atoms with Crippen molar-refractivity contribution >= 4 is 22.9 Å². The van der Waals surface area contributed by atoms with Gasteiger partial charge in [-0.15, -0.1) is 11.3 Å². The number of thiazole rings is 1. The minimum Gasteiger partial charge on any atom is -0.495 e. The van der Waals surface area contributed by atoms with Gasteiger partial charge in [-0.05, 0) is 47.4 Å². The van der Waals surface area contributed by atoms with Gasteiger partial charge in [-0.1, -0.05) is 26.8 Å².